The Morgan fingerprint density at radius 2 is 1.89 bits per heavy atom. The monoisotopic (exact) mass is 518 g/mol. The van der Waals surface area contributed by atoms with Gasteiger partial charge >= 0.3 is 0 Å². The average molecular weight is 519 g/mol. The number of pyridine rings is 1. The van der Waals surface area contributed by atoms with Crippen molar-refractivity contribution in [3.05, 3.63) is 77.3 Å². The second-order valence-corrected chi connectivity index (χ2v) is 9.64. The molecule has 0 saturated carbocycles. The highest BCUT2D eigenvalue weighted by Crippen LogP contribution is 2.16. The van der Waals surface area contributed by atoms with Crippen molar-refractivity contribution >= 4 is 23.5 Å². The fraction of sp³-hybridized carbons (Fsp3) is 0.370. The molecule has 2 aromatic heterocycles. The van der Waals surface area contributed by atoms with Gasteiger partial charge in [-0.3, -0.25) is 24.2 Å². The Bertz CT molecular complexity index is 1320. The van der Waals surface area contributed by atoms with Crippen LogP contribution < -0.4 is 10.6 Å². The van der Waals surface area contributed by atoms with Gasteiger partial charge in [0.05, 0.1) is 19.0 Å². The molecule has 3 aromatic rings. The predicted octanol–water partition coefficient (Wildman–Crippen LogP) is 1.26. The standard InChI is InChI=1S/C27H30N6O5/c1-16(2)24(25(36)27-32-31-22(38-27)13-19-6-4-5-17(3)11-19)30-21(34)15-33-20(26(37)29-14-23(33)35)12-18-7-9-28-10-8-18/h4-11,16,20,24H,12-15H2,1-3H3,(H,29,37)(H,30,34)/t20?,24-/m0/s1. The number of benzene rings is 1. The third-order valence-electron chi connectivity index (χ3n) is 6.29. The van der Waals surface area contributed by atoms with Crippen LogP contribution in [0.1, 0.15) is 47.1 Å². The highest BCUT2D eigenvalue weighted by atomic mass is 16.4. The van der Waals surface area contributed by atoms with Gasteiger partial charge in [-0.2, -0.15) is 0 Å². The number of hydrogen-bond donors (Lipinski definition) is 2. The molecular weight excluding hydrogens is 488 g/mol. The molecule has 11 heteroatoms. The summed E-state index contributed by atoms with van der Waals surface area (Å²) in [5.41, 5.74) is 2.86. The third-order valence-corrected chi connectivity index (χ3v) is 6.29. The molecule has 2 N–H and O–H groups in total. The molecule has 0 spiro atoms. The number of nitrogens with zero attached hydrogens (tertiary/aromatic N) is 4. The lowest BCUT2D eigenvalue weighted by molar-refractivity contribution is -0.147. The van der Waals surface area contributed by atoms with Gasteiger partial charge in [-0.25, -0.2) is 0 Å². The first-order valence-electron chi connectivity index (χ1n) is 12.4. The molecule has 1 aliphatic rings. The zero-order chi connectivity index (χ0) is 27.2. The normalized spacial score (nSPS) is 16.3. The van der Waals surface area contributed by atoms with Crippen LogP contribution in [0.5, 0.6) is 0 Å². The Balaban J connectivity index is 1.43. The fourth-order valence-corrected chi connectivity index (χ4v) is 4.30. The van der Waals surface area contributed by atoms with Gasteiger partial charge in [0.2, 0.25) is 29.4 Å². The van der Waals surface area contributed by atoms with Crippen LogP contribution in [-0.2, 0) is 27.2 Å². The van der Waals surface area contributed by atoms with E-state index in [9.17, 15) is 19.2 Å². The number of carbonyl (C=O) groups excluding carboxylic acids is 4. The van der Waals surface area contributed by atoms with Gasteiger partial charge in [0.1, 0.15) is 12.6 Å². The molecule has 3 heterocycles. The molecule has 1 aliphatic heterocycles. The van der Waals surface area contributed by atoms with Crippen molar-refractivity contribution in [1.29, 1.82) is 0 Å². The molecule has 0 aliphatic carbocycles. The molecule has 198 valence electrons. The van der Waals surface area contributed by atoms with E-state index in [0.717, 1.165) is 16.7 Å². The highest BCUT2D eigenvalue weighted by Gasteiger charge is 2.37. The number of carbonyl (C=O) groups is 4. The van der Waals surface area contributed by atoms with E-state index >= 15 is 0 Å². The molecular formula is C27H30N6O5. The van der Waals surface area contributed by atoms with Crippen LogP contribution in [0, 0.1) is 12.8 Å². The van der Waals surface area contributed by atoms with E-state index in [2.05, 4.69) is 25.8 Å². The second-order valence-electron chi connectivity index (χ2n) is 9.64. The van der Waals surface area contributed by atoms with Gasteiger partial charge in [0, 0.05) is 18.8 Å². The molecule has 0 bridgehead atoms. The van der Waals surface area contributed by atoms with Gasteiger partial charge in [-0.15, -0.1) is 10.2 Å². The van der Waals surface area contributed by atoms with Crippen molar-refractivity contribution in [1.82, 2.24) is 30.7 Å². The van der Waals surface area contributed by atoms with Crippen LogP contribution in [0.25, 0.3) is 0 Å². The Hall–Kier alpha value is -4.41. The first-order chi connectivity index (χ1) is 18.2. The number of amides is 3. The number of nitrogens with one attached hydrogen (secondary N) is 2. The van der Waals surface area contributed by atoms with E-state index in [-0.39, 0.29) is 49.0 Å². The molecule has 0 radical (unpaired) electrons. The van der Waals surface area contributed by atoms with Crippen molar-refractivity contribution in [2.45, 2.75) is 45.7 Å². The lowest BCUT2D eigenvalue weighted by Gasteiger charge is -2.35. The van der Waals surface area contributed by atoms with Crippen molar-refractivity contribution < 1.29 is 23.6 Å². The maximum Gasteiger partial charge on any atom is 0.286 e. The first kappa shape index (κ1) is 26.6. The minimum absolute atomic E-state index is 0.197. The Morgan fingerprint density at radius 3 is 2.61 bits per heavy atom. The summed E-state index contributed by atoms with van der Waals surface area (Å²) in [6, 6.07) is 9.50. The van der Waals surface area contributed by atoms with Gasteiger partial charge in [0.25, 0.3) is 5.89 Å². The molecule has 3 amide bonds. The van der Waals surface area contributed by atoms with Crippen molar-refractivity contribution in [3.63, 3.8) is 0 Å². The Morgan fingerprint density at radius 1 is 1.13 bits per heavy atom. The maximum atomic E-state index is 13.2. The molecule has 1 saturated heterocycles. The highest BCUT2D eigenvalue weighted by molar-refractivity contribution is 6.00. The Labute approximate surface area is 220 Å². The van der Waals surface area contributed by atoms with Crippen LogP contribution in [0.2, 0.25) is 0 Å². The molecule has 2 atom stereocenters. The molecule has 38 heavy (non-hydrogen) atoms. The van der Waals surface area contributed by atoms with Crippen LogP contribution in [0.3, 0.4) is 0 Å². The maximum absolute atomic E-state index is 13.2. The summed E-state index contributed by atoms with van der Waals surface area (Å²) < 4.78 is 5.62. The van der Waals surface area contributed by atoms with E-state index in [0.29, 0.717) is 6.42 Å². The molecule has 1 unspecified atom stereocenters. The SMILES string of the molecule is Cc1cccc(Cc2nnc(C(=O)[C@@H](NC(=O)CN3C(=O)CNC(=O)C3Cc3ccncc3)C(C)C)o2)c1. The predicted molar refractivity (Wildman–Crippen MR) is 136 cm³/mol. The zero-order valence-electron chi connectivity index (χ0n) is 21.5. The summed E-state index contributed by atoms with van der Waals surface area (Å²) in [6.07, 6.45) is 3.79. The minimum Gasteiger partial charge on any atom is -0.418 e. The largest absolute Gasteiger partial charge is 0.418 e. The summed E-state index contributed by atoms with van der Waals surface area (Å²) in [6.45, 7) is 4.96. The number of Topliss-reactive ketones (excluding diaryl/α,β-unsaturated/α-hetero) is 1. The van der Waals surface area contributed by atoms with E-state index in [1.165, 1.54) is 4.90 Å². The van der Waals surface area contributed by atoms with Crippen LogP contribution in [0.15, 0.2) is 53.2 Å². The summed E-state index contributed by atoms with van der Waals surface area (Å²) in [7, 11) is 0. The number of aromatic nitrogens is 3. The van der Waals surface area contributed by atoms with E-state index in [1.54, 1.807) is 38.4 Å². The number of rotatable bonds is 10. The lowest BCUT2D eigenvalue weighted by atomic mass is 9.99. The topological polar surface area (TPSA) is 147 Å². The van der Waals surface area contributed by atoms with Crippen molar-refractivity contribution in [2.24, 2.45) is 5.92 Å². The summed E-state index contributed by atoms with van der Waals surface area (Å²) >= 11 is 0. The smallest absolute Gasteiger partial charge is 0.286 e. The quantitative estimate of drug-likeness (QED) is 0.381. The molecule has 1 aromatic carbocycles. The van der Waals surface area contributed by atoms with E-state index < -0.39 is 23.8 Å². The van der Waals surface area contributed by atoms with Crippen molar-refractivity contribution in [2.75, 3.05) is 13.1 Å². The van der Waals surface area contributed by atoms with Gasteiger partial charge in [-0.05, 0) is 36.1 Å². The van der Waals surface area contributed by atoms with Crippen LogP contribution in [0.4, 0.5) is 0 Å². The average Bonchev–Trinajstić information content (AvgIpc) is 3.35. The lowest BCUT2D eigenvalue weighted by Crippen LogP contribution is -2.61. The van der Waals surface area contributed by atoms with Crippen LogP contribution >= 0.6 is 0 Å². The number of aryl methyl sites for hydroxylation is 1. The number of ketones is 1. The zero-order valence-corrected chi connectivity index (χ0v) is 21.5. The summed E-state index contributed by atoms with van der Waals surface area (Å²) in [4.78, 5) is 56.6. The Kier molecular flexibility index (Phi) is 8.25. The first-order valence-corrected chi connectivity index (χ1v) is 12.4. The van der Waals surface area contributed by atoms with Crippen LogP contribution in [-0.4, -0.2) is 68.8 Å². The molecule has 4 rings (SSSR count). The number of hydrogen-bond acceptors (Lipinski definition) is 8. The number of piperazine rings is 1. The minimum atomic E-state index is -0.956. The fourth-order valence-electron chi connectivity index (χ4n) is 4.30. The van der Waals surface area contributed by atoms with Gasteiger partial charge < -0.3 is 20.0 Å². The van der Waals surface area contributed by atoms with E-state index in [4.69, 9.17) is 4.42 Å². The molecule has 11 nitrogen and oxygen atoms in total. The van der Waals surface area contributed by atoms with Crippen molar-refractivity contribution in [3.8, 4) is 0 Å². The summed E-state index contributed by atoms with van der Waals surface area (Å²) in [5, 5.41) is 13.2. The van der Waals surface area contributed by atoms with E-state index in [1.807, 2.05) is 31.2 Å². The third kappa shape index (κ3) is 6.47. The second kappa shape index (κ2) is 11.8. The molecule has 1 fully saturated rings. The van der Waals surface area contributed by atoms with Gasteiger partial charge in [0.15, 0.2) is 0 Å². The van der Waals surface area contributed by atoms with Gasteiger partial charge in [-0.1, -0.05) is 43.7 Å². The summed E-state index contributed by atoms with van der Waals surface area (Å²) in [5.74, 6) is -2.04.